The third-order valence-electron chi connectivity index (χ3n) is 6.53. The predicted octanol–water partition coefficient (Wildman–Crippen LogP) is 4.51. The summed E-state index contributed by atoms with van der Waals surface area (Å²) < 4.78 is 11.2. The predicted molar refractivity (Wildman–Crippen MR) is 122 cm³/mol. The van der Waals surface area contributed by atoms with Crippen LogP contribution in [0.2, 0.25) is 0 Å². The molecule has 5 nitrogen and oxygen atoms in total. The quantitative estimate of drug-likeness (QED) is 0.530. The van der Waals surface area contributed by atoms with Crippen molar-refractivity contribution in [2.75, 3.05) is 13.7 Å². The Balaban J connectivity index is 1.65. The van der Waals surface area contributed by atoms with Crippen molar-refractivity contribution in [2.45, 2.75) is 50.7 Å². The smallest absolute Gasteiger partial charge is 0.409 e. The van der Waals surface area contributed by atoms with Crippen LogP contribution in [0.15, 0.2) is 54.6 Å². The van der Waals surface area contributed by atoms with Crippen LogP contribution in [-0.2, 0) is 20.7 Å². The highest BCUT2D eigenvalue weighted by Crippen LogP contribution is 2.45. The van der Waals surface area contributed by atoms with E-state index in [9.17, 15) is 9.59 Å². The first-order valence-electron chi connectivity index (χ1n) is 11.2. The normalized spacial score (nSPS) is 24.1. The monoisotopic (exact) mass is 431 g/mol. The Morgan fingerprint density at radius 3 is 2.69 bits per heavy atom. The molecule has 2 aromatic carbocycles. The molecule has 0 spiro atoms. The van der Waals surface area contributed by atoms with Crippen LogP contribution in [0.25, 0.3) is 0 Å². The molecule has 166 valence electrons. The van der Waals surface area contributed by atoms with Gasteiger partial charge in [-0.25, -0.2) is 4.79 Å². The Hall–Kier alpha value is -3.26. The zero-order chi connectivity index (χ0) is 22.6. The molecule has 4 rings (SSSR count). The second-order valence-corrected chi connectivity index (χ2v) is 8.66. The highest BCUT2D eigenvalue weighted by Gasteiger charge is 2.53. The number of ether oxygens (including phenoxy) is 2. The largest absolute Gasteiger partial charge is 0.453 e. The summed E-state index contributed by atoms with van der Waals surface area (Å²) in [6, 6.07) is 17.6. The van der Waals surface area contributed by atoms with Crippen molar-refractivity contribution in [3.63, 3.8) is 0 Å². The molecular formula is C27H29NO4. The van der Waals surface area contributed by atoms with Crippen LogP contribution in [0.4, 0.5) is 4.79 Å². The first-order valence-corrected chi connectivity index (χ1v) is 11.2. The summed E-state index contributed by atoms with van der Waals surface area (Å²) in [5.41, 5.74) is 2.02. The molecule has 3 unspecified atom stereocenters. The molecule has 1 saturated carbocycles. The van der Waals surface area contributed by atoms with Crippen LogP contribution in [0.1, 0.15) is 42.4 Å². The zero-order valence-electron chi connectivity index (χ0n) is 18.7. The number of carbonyl (C=O) groups excluding carboxylic acids is 2. The molecule has 1 aliphatic carbocycles. The van der Waals surface area contributed by atoms with Crippen LogP contribution >= 0.6 is 0 Å². The minimum atomic E-state index is -0.915. The van der Waals surface area contributed by atoms with E-state index in [0.717, 1.165) is 36.0 Å². The number of likely N-dealkylation sites (tertiary alicyclic amines) is 1. The molecule has 32 heavy (non-hydrogen) atoms. The number of fused-ring (bicyclic) bond motifs is 1. The topological polar surface area (TPSA) is 55.8 Å². The Morgan fingerprint density at radius 2 is 1.94 bits per heavy atom. The second-order valence-electron chi connectivity index (χ2n) is 8.66. The van der Waals surface area contributed by atoms with Gasteiger partial charge in [-0.05, 0) is 61.8 Å². The van der Waals surface area contributed by atoms with Gasteiger partial charge in [0.2, 0.25) is 0 Å². The Bertz CT molecular complexity index is 1040. The fourth-order valence-electron chi connectivity index (χ4n) is 5.07. The van der Waals surface area contributed by atoms with Crippen molar-refractivity contribution in [1.82, 2.24) is 4.90 Å². The maximum Gasteiger partial charge on any atom is 0.409 e. The number of methoxy groups -OCH3 is 1. The highest BCUT2D eigenvalue weighted by molar-refractivity contribution is 5.74. The molecule has 1 amide bonds. The molecule has 2 fully saturated rings. The lowest BCUT2D eigenvalue weighted by Gasteiger charge is -2.42. The van der Waals surface area contributed by atoms with Gasteiger partial charge in [-0.3, -0.25) is 4.79 Å². The number of esters is 1. The van der Waals surface area contributed by atoms with E-state index in [1.165, 1.54) is 7.11 Å². The fourth-order valence-corrected chi connectivity index (χ4v) is 5.07. The third-order valence-corrected chi connectivity index (χ3v) is 6.53. The maximum absolute atomic E-state index is 13.0. The van der Waals surface area contributed by atoms with E-state index in [2.05, 4.69) is 11.8 Å². The van der Waals surface area contributed by atoms with Gasteiger partial charge in [-0.2, -0.15) is 0 Å². The van der Waals surface area contributed by atoms with E-state index < -0.39 is 5.60 Å². The van der Waals surface area contributed by atoms with Gasteiger partial charge >= 0.3 is 12.1 Å². The summed E-state index contributed by atoms with van der Waals surface area (Å²) in [6.07, 6.45) is 2.98. The lowest BCUT2D eigenvalue weighted by molar-refractivity contribution is -0.161. The van der Waals surface area contributed by atoms with Crippen LogP contribution in [0.5, 0.6) is 0 Å². The highest BCUT2D eigenvalue weighted by atomic mass is 16.6. The third kappa shape index (κ3) is 4.65. The molecule has 1 heterocycles. The second kappa shape index (κ2) is 9.48. The summed E-state index contributed by atoms with van der Waals surface area (Å²) in [4.78, 5) is 27.1. The molecule has 1 aliphatic heterocycles. The molecule has 0 bridgehead atoms. The van der Waals surface area contributed by atoms with Crippen LogP contribution in [-0.4, -0.2) is 42.3 Å². The van der Waals surface area contributed by atoms with Crippen LogP contribution in [0, 0.1) is 24.7 Å². The zero-order valence-corrected chi connectivity index (χ0v) is 18.7. The number of benzene rings is 2. The average molecular weight is 432 g/mol. The van der Waals surface area contributed by atoms with Gasteiger partial charge in [0.05, 0.1) is 13.5 Å². The number of aryl methyl sites for hydroxylation is 1. The van der Waals surface area contributed by atoms with Gasteiger partial charge in [0.1, 0.15) is 0 Å². The Kier molecular flexibility index (Phi) is 6.50. The van der Waals surface area contributed by atoms with Crippen molar-refractivity contribution in [2.24, 2.45) is 5.92 Å². The first-order chi connectivity index (χ1) is 15.5. The molecule has 0 N–H and O–H groups in total. The van der Waals surface area contributed by atoms with Crippen LogP contribution < -0.4 is 0 Å². The Morgan fingerprint density at radius 1 is 1.12 bits per heavy atom. The number of hydrogen-bond donors (Lipinski definition) is 0. The van der Waals surface area contributed by atoms with Crippen molar-refractivity contribution >= 4 is 12.1 Å². The SMILES string of the molecule is COC(=O)N1CCC2C1CCCC2(C#Cc1cccc(C)c1)OC(=O)Cc1ccccc1. The molecule has 5 heteroatoms. The molecule has 2 aromatic rings. The fraction of sp³-hybridized carbons (Fsp3) is 0.407. The van der Waals surface area contributed by atoms with Crippen molar-refractivity contribution in [1.29, 1.82) is 0 Å². The van der Waals surface area contributed by atoms with Crippen molar-refractivity contribution < 1.29 is 19.1 Å². The molecule has 3 atom stereocenters. The van der Waals surface area contributed by atoms with E-state index in [-0.39, 0.29) is 30.4 Å². The molecule has 1 saturated heterocycles. The van der Waals surface area contributed by atoms with Gasteiger partial charge in [0.25, 0.3) is 0 Å². The Labute approximate surface area is 189 Å². The maximum atomic E-state index is 13.0. The minimum absolute atomic E-state index is 0.0347. The summed E-state index contributed by atoms with van der Waals surface area (Å²) >= 11 is 0. The molecule has 0 aromatic heterocycles. The van der Waals surface area contributed by atoms with E-state index in [1.54, 1.807) is 4.90 Å². The first kappa shape index (κ1) is 22.0. The number of nitrogens with zero attached hydrogens (tertiary/aromatic N) is 1. The minimum Gasteiger partial charge on any atom is -0.453 e. The standard InChI is InChI=1S/C27H29NO4/c1-20-8-6-11-22(18-20)13-16-27(32-25(29)19-21-9-4-3-5-10-21)15-7-12-24-23(27)14-17-28(24)26(30)31-2/h3-6,8-11,18,23-24H,7,12,14-15,17,19H2,1-2H3. The van der Waals surface area contributed by atoms with Gasteiger partial charge in [-0.1, -0.05) is 48.4 Å². The van der Waals surface area contributed by atoms with E-state index in [1.807, 2.05) is 61.5 Å². The number of rotatable bonds is 3. The summed E-state index contributed by atoms with van der Waals surface area (Å²) in [6.45, 7) is 2.62. The average Bonchev–Trinajstić information content (AvgIpc) is 3.24. The molecule has 0 radical (unpaired) electrons. The number of hydrogen-bond acceptors (Lipinski definition) is 4. The lowest BCUT2D eigenvalue weighted by atomic mass is 9.72. The van der Waals surface area contributed by atoms with Gasteiger partial charge in [-0.15, -0.1) is 0 Å². The van der Waals surface area contributed by atoms with E-state index in [0.29, 0.717) is 13.0 Å². The van der Waals surface area contributed by atoms with Crippen LogP contribution in [0.3, 0.4) is 0 Å². The summed E-state index contributed by atoms with van der Waals surface area (Å²) in [5, 5.41) is 0. The van der Waals surface area contributed by atoms with Gasteiger partial charge in [0.15, 0.2) is 5.60 Å². The summed E-state index contributed by atoms with van der Waals surface area (Å²) in [5.74, 6) is 6.33. The number of carbonyl (C=O) groups is 2. The van der Waals surface area contributed by atoms with Gasteiger partial charge in [0, 0.05) is 24.1 Å². The summed E-state index contributed by atoms with van der Waals surface area (Å²) in [7, 11) is 1.41. The lowest BCUT2D eigenvalue weighted by Crippen LogP contribution is -2.52. The van der Waals surface area contributed by atoms with E-state index >= 15 is 0 Å². The molecule has 2 aliphatic rings. The van der Waals surface area contributed by atoms with E-state index in [4.69, 9.17) is 9.47 Å². The van der Waals surface area contributed by atoms with Gasteiger partial charge < -0.3 is 14.4 Å². The molecular weight excluding hydrogens is 402 g/mol. The van der Waals surface area contributed by atoms with Crippen molar-refractivity contribution in [3.05, 3.63) is 71.3 Å². The number of amides is 1. The van der Waals surface area contributed by atoms with Crippen molar-refractivity contribution in [3.8, 4) is 11.8 Å².